The van der Waals surface area contributed by atoms with Gasteiger partial charge in [0.05, 0.1) is 13.1 Å². The average Bonchev–Trinajstić information content (AvgIpc) is 2.95. The third-order valence-corrected chi connectivity index (χ3v) is 2.52. The second-order valence-corrected chi connectivity index (χ2v) is 4.16. The number of H-pyrrole nitrogens is 1. The van der Waals surface area contributed by atoms with Gasteiger partial charge in [-0.15, -0.1) is 10.2 Å². The summed E-state index contributed by atoms with van der Waals surface area (Å²) in [5, 5.41) is 18.1. The van der Waals surface area contributed by atoms with Gasteiger partial charge >= 0.3 is 0 Å². The van der Waals surface area contributed by atoms with Crippen LogP contribution < -0.4 is 10.6 Å². The molecule has 1 heterocycles. The van der Waals surface area contributed by atoms with Gasteiger partial charge < -0.3 is 10.6 Å². The first-order valence-corrected chi connectivity index (χ1v) is 5.99. The van der Waals surface area contributed by atoms with Crippen LogP contribution in [0.4, 0.5) is 0 Å². The van der Waals surface area contributed by atoms with Crippen LogP contribution in [0, 0.1) is 6.92 Å². The molecule has 0 aliphatic heterocycles. The summed E-state index contributed by atoms with van der Waals surface area (Å²) < 4.78 is 0. The number of rotatable bonds is 5. The zero-order valence-electron chi connectivity index (χ0n) is 10.9. The number of aromatic nitrogens is 4. The number of carbonyl (C=O) groups excluding carboxylic acids is 2. The lowest BCUT2D eigenvalue weighted by atomic mass is 10.1. The molecule has 0 radical (unpaired) electrons. The van der Waals surface area contributed by atoms with Crippen molar-refractivity contribution in [3.63, 3.8) is 0 Å². The van der Waals surface area contributed by atoms with Crippen molar-refractivity contribution in [1.82, 2.24) is 31.3 Å². The Balaban J connectivity index is 1.77. The van der Waals surface area contributed by atoms with Crippen molar-refractivity contribution < 1.29 is 9.59 Å². The lowest BCUT2D eigenvalue weighted by Crippen LogP contribution is -2.36. The van der Waals surface area contributed by atoms with Crippen LogP contribution in [0.5, 0.6) is 0 Å². The minimum Gasteiger partial charge on any atom is -0.347 e. The second-order valence-electron chi connectivity index (χ2n) is 4.16. The molecular formula is C12H14N6O2. The van der Waals surface area contributed by atoms with Gasteiger partial charge in [-0.25, -0.2) is 0 Å². The molecule has 2 rings (SSSR count). The normalized spacial score (nSPS) is 10.1. The lowest BCUT2D eigenvalue weighted by molar-refractivity contribution is -0.120. The van der Waals surface area contributed by atoms with Crippen molar-refractivity contribution in [2.75, 3.05) is 6.54 Å². The van der Waals surface area contributed by atoms with Crippen LogP contribution in [0.15, 0.2) is 24.3 Å². The van der Waals surface area contributed by atoms with Crippen LogP contribution >= 0.6 is 0 Å². The maximum Gasteiger partial charge on any atom is 0.251 e. The molecule has 0 aliphatic rings. The minimum atomic E-state index is -0.323. The van der Waals surface area contributed by atoms with E-state index < -0.39 is 0 Å². The fourth-order valence-corrected chi connectivity index (χ4v) is 1.55. The SMILES string of the molecule is Cc1cccc(C(=O)NCC(=O)NCc2nn[nH]n2)c1. The van der Waals surface area contributed by atoms with E-state index in [2.05, 4.69) is 31.3 Å². The number of hydrogen-bond donors (Lipinski definition) is 3. The third-order valence-electron chi connectivity index (χ3n) is 2.52. The zero-order valence-corrected chi connectivity index (χ0v) is 10.9. The van der Waals surface area contributed by atoms with Crippen LogP contribution in [0.3, 0.4) is 0 Å². The first-order valence-electron chi connectivity index (χ1n) is 5.99. The highest BCUT2D eigenvalue weighted by Gasteiger charge is 2.08. The molecule has 0 unspecified atom stereocenters. The van der Waals surface area contributed by atoms with E-state index in [-0.39, 0.29) is 24.9 Å². The second kappa shape index (κ2) is 6.41. The Morgan fingerprint density at radius 1 is 1.30 bits per heavy atom. The van der Waals surface area contributed by atoms with Crippen molar-refractivity contribution >= 4 is 11.8 Å². The Labute approximate surface area is 115 Å². The molecule has 0 aliphatic carbocycles. The number of tetrazole rings is 1. The van der Waals surface area contributed by atoms with Crippen molar-refractivity contribution in [2.45, 2.75) is 13.5 Å². The van der Waals surface area contributed by atoms with E-state index in [9.17, 15) is 9.59 Å². The fourth-order valence-electron chi connectivity index (χ4n) is 1.55. The predicted octanol–water partition coefficient (Wildman–Crippen LogP) is -0.446. The van der Waals surface area contributed by atoms with E-state index in [0.717, 1.165) is 5.56 Å². The molecule has 2 aromatic rings. The van der Waals surface area contributed by atoms with Crippen LogP contribution in [-0.2, 0) is 11.3 Å². The topological polar surface area (TPSA) is 113 Å². The predicted molar refractivity (Wildman–Crippen MR) is 69.5 cm³/mol. The third kappa shape index (κ3) is 3.87. The molecule has 0 atom stereocenters. The van der Waals surface area contributed by atoms with Gasteiger partial charge in [-0.05, 0) is 19.1 Å². The van der Waals surface area contributed by atoms with Crippen molar-refractivity contribution in [1.29, 1.82) is 0 Å². The molecule has 1 aromatic carbocycles. The quantitative estimate of drug-likeness (QED) is 0.683. The zero-order chi connectivity index (χ0) is 14.4. The Kier molecular flexibility index (Phi) is 4.38. The molecule has 8 heteroatoms. The van der Waals surface area contributed by atoms with Gasteiger partial charge in [0.1, 0.15) is 0 Å². The molecule has 0 saturated heterocycles. The van der Waals surface area contributed by atoms with Crippen molar-refractivity contribution in [2.24, 2.45) is 0 Å². The van der Waals surface area contributed by atoms with Crippen LogP contribution in [0.2, 0.25) is 0 Å². The van der Waals surface area contributed by atoms with E-state index in [1.807, 2.05) is 13.0 Å². The molecule has 0 fully saturated rings. The summed E-state index contributed by atoms with van der Waals surface area (Å²) >= 11 is 0. The molecule has 8 nitrogen and oxygen atoms in total. The standard InChI is InChI=1S/C12H14N6O2/c1-8-3-2-4-9(5-8)12(20)14-7-11(19)13-6-10-15-17-18-16-10/h2-5H,6-7H2,1H3,(H,13,19)(H,14,20)(H,15,16,17,18). The minimum absolute atomic E-state index is 0.107. The highest BCUT2D eigenvalue weighted by molar-refractivity contribution is 5.96. The number of carbonyl (C=O) groups is 2. The number of aryl methyl sites for hydroxylation is 1. The molecule has 20 heavy (non-hydrogen) atoms. The van der Waals surface area contributed by atoms with E-state index in [1.54, 1.807) is 18.2 Å². The van der Waals surface area contributed by atoms with Gasteiger partial charge in [-0.2, -0.15) is 5.21 Å². The maximum atomic E-state index is 11.8. The molecule has 1 aromatic heterocycles. The largest absolute Gasteiger partial charge is 0.347 e. The maximum absolute atomic E-state index is 11.8. The molecule has 0 spiro atoms. The van der Waals surface area contributed by atoms with Gasteiger partial charge in [-0.1, -0.05) is 22.9 Å². The summed E-state index contributed by atoms with van der Waals surface area (Å²) in [4.78, 5) is 23.3. The lowest BCUT2D eigenvalue weighted by Gasteiger charge is -2.06. The number of nitrogens with one attached hydrogen (secondary N) is 3. The summed E-state index contributed by atoms with van der Waals surface area (Å²) in [6.07, 6.45) is 0. The molecule has 0 bridgehead atoms. The number of aromatic amines is 1. The highest BCUT2D eigenvalue weighted by Crippen LogP contribution is 2.03. The fraction of sp³-hybridized carbons (Fsp3) is 0.250. The van der Waals surface area contributed by atoms with E-state index >= 15 is 0 Å². The smallest absolute Gasteiger partial charge is 0.251 e. The van der Waals surface area contributed by atoms with Gasteiger partial charge in [0.25, 0.3) is 5.91 Å². The molecule has 104 valence electrons. The van der Waals surface area contributed by atoms with Crippen LogP contribution in [0.25, 0.3) is 0 Å². The van der Waals surface area contributed by atoms with Gasteiger partial charge in [-0.3, -0.25) is 9.59 Å². The first-order chi connectivity index (χ1) is 9.65. The number of nitrogens with zero attached hydrogens (tertiary/aromatic N) is 3. The number of amides is 2. The monoisotopic (exact) mass is 274 g/mol. The van der Waals surface area contributed by atoms with Crippen molar-refractivity contribution in [3.05, 3.63) is 41.2 Å². The van der Waals surface area contributed by atoms with Crippen LogP contribution in [-0.4, -0.2) is 39.0 Å². The summed E-state index contributed by atoms with van der Waals surface area (Å²) in [5.41, 5.74) is 1.51. The summed E-state index contributed by atoms with van der Waals surface area (Å²) in [7, 11) is 0. The van der Waals surface area contributed by atoms with E-state index in [0.29, 0.717) is 11.4 Å². The van der Waals surface area contributed by atoms with Crippen molar-refractivity contribution in [3.8, 4) is 0 Å². The van der Waals surface area contributed by atoms with Gasteiger partial charge in [0, 0.05) is 5.56 Å². The van der Waals surface area contributed by atoms with Crippen LogP contribution in [0.1, 0.15) is 21.7 Å². The van der Waals surface area contributed by atoms with Gasteiger partial charge in [0.2, 0.25) is 5.91 Å². The van der Waals surface area contributed by atoms with E-state index in [4.69, 9.17) is 0 Å². The number of benzene rings is 1. The molecule has 0 saturated carbocycles. The summed E-state index contributed by atoms with van der Waals surface area (Å²) in [6, 6.07) is 7.14. The Morgan fingerprint density at radius 3 is 2.85 bits per heavy atom. The van der Waals surface area contributed by atoms with E-state index in [1.165, 1.54) is 0 Å². The molecule has 3 N–H and O–H groups in total. The highest BCUT2D eigenvalue weighted by atomic mass is 16.2. The first kappa shape index (κ1) is 13.7. The number of hydrogen-bond acceptors (Lipinski definition) is 5. The Bertz CT molecular complexity index is 596. The Hall–Kier alpha value is -2.77. The Morgan fingerprint density at radius 2 is 2.15 bits per heavy atom. The van der Waals surface area contributed by atoms with Gasteiger partial charge in [0.15, 0.2) is 5.82 Å². The summed E-state index contributed by atoms with van der Waals surface area (Å²) in [5.74, 6) is -0.234. The molecule has 2 amide bonds. The molecular weight excluding hydrogens is 260 g/mol. The summed E-state index contributed by atoms with van der Waals surface area (Å²) in [6.45, 7) is 1.95. The average molecular weight is 274 g/mol.